The van der Waals surface area contributed by atoms with Crippen LogP contribution in [0.5, 0.6) is 5.88 Å². The van der Waals surface area contributed by atoms with E-state index in [1.165, 1.54) is 13.3 Å². The summed E-state index contributed by atoms with van der Waals surface area (Å²) in [4.78, 5) is 19.0. The number of hydrogen-bond donors (Lipinski definition) is 1. The molecule has 1 aliphatic rings. The maximum Gasteiger partial charge on any atom is 0.307 e. The van der Waals surface area contributed by atoms with E-state index in [9.17, 15) is 4.79 Å². The molecule has 1 heterocycles. The summed E-state index contributed by atoms with van der Waals surface area (Å²) in [5.74, 6) is -0.714. The summed E-state index contributed by atoms with van der Waals surface area (Å²) in [6.45, 7) is 0. The first-order chi connectivity index (χ1) is 7.24. The number of aliphatic carboxylic acids is 1. The van der Waals surface area contributed by atoms with E-state index in [0.717, 1.165) is 6.42 Å². The van der Waals surface area contributed by atoms with Crippen LogP contribution in [0.4, 0.5) is 0 Å². The van der Waals surface area contributed by atoms with Gasteiger partial charge in [-0.1, -0.05) is 0 Å². The fourth-order valence-corrected chi connectivity index (χ4v) is 1.87. The van der Waals surface area contributed by atoms with Crippen LogP contribution in [0.1, 0.15) is 24.5 Å². The molecule has 5 heteroatoms. The molecule has 1 N–H and O–H groups in total. The van der Waals surface area contributed by atoms with Gasteiger partial charge in [-0.15, -0.1) is 0 Å². The summed E-state index contributed by atoms with van der Waals surface area (Å²) >= 11 is 0. The van der Waals surface area contributed by atoms with Gasteiger partial charge in [0.15, 0.2) is 0 Å². The predicted octanol–water partition coefficient (Wildman–Crippen LogP) is 1.06. The molecular weight excluding hydrogens is 196 g/mol. The van der Waals surface area contributed by atoms with Crippen molar-refractivity contribution in [1.29, 1.82) is 0 Å². The van der Waals surface area contributed by atoms with Crippen molar-refractivity contribution in [3.63, 3.8) is 0 Å². The van der Waals surface area contributed by atoms with Gasteiger partial charge < -0.3 is 9.84 Å². The first-order valence-electron chi connectivity index (χ1n) is 4.81. The van der Waals surface area contributed by atoms with Crippen LogP contribution in [0, 0.1) is 5.92 Å². The minimum absolute atomic E-state index is 0.0499. The molecule has 0 radical (unpaired) electrons. The minimum atomic E-state index is -0.765. The van der Waals surface area contributed by atoms with Gasteiger partial charge in [0.25, 0.3) is 0 Å². The van der Waals surface area contributed by atoms with Crippen molar-refractivity contribution in [3.05, 3.63) is 18.1 Å². The zero-order chi connectivity index (χ0) is 10.8. The van der Waals surface area contributed by atoms with Crippen LogP contribution >= 0.6 is 0 Å². The molecule has 2 atom stereocenters. The molecule has 0 aliphatic heterocycles. The van der Waals surface area contributed by atoms with Gasteiger partial charge in [0.1, 0.15) is 5.69 Å². The van der Waals surface area contributed by atoms with E-state index >= 15 is 0 Å². The summed E-state index contributed by atoms with van der Waals surface area (Å²) in [6, 6.07) is 0. The number of carboxylic acid groups (broad SMARTS) is 1. The highest BCUT2D eigenvalue weighted by Crippen LogP contribution is 2.44. The molecule has 0 bridgehead atoms. The van der Waals surface area contributed by atoms with E-state index in [1.807, 2.05) is 0 Å². The van der Waals surface area contributed by atoms with Gasteiger partial charge in [-0.2, -0.15) is 0 Å². The van der Waals surface area contributed by atoms with E-state index in [2.05, 4.69) is 9.97 Å². The molecule has 0 spiro atoms. The van der Waals surface area contributed by atoms with Crippen molar-refractivity contribution in [2.24, 2.45) is 5.92 Å². The average Bonchev–Trinajstić information content (AvgIpc) is 2.16. The number of methoxy groups -OCH3 is 1. The molecule has 1 saturated carbocycles. The van der Waals surface area contributed by atoms with E-state index in [0.29, 0.717) is 18.0 Å². The average molecular weight is 208 g/mol. The molecular formula is C10H12N2O3. The molecule has 1 aromatic heterocycles. The van der Waals surface area contributed by atoms with Gasteiger partial charge in [0.2, 0.25) is 5.88 Å². The molecule has 15 heavy (non-hydrogen) atoms. The fourth-order valence-electron chi connectivity index (χ4n) is 1.87. The van der Waals surface area contributed by atoms with Crippen molar-refractivity contribution < 1.29 is 14.6 Å². The lowest BCUT2D eigenvalue weighted by Gasteiger charge is -2.32. The molecule has 0 amide bonds. The second-order valence-electron chi connectivity index (χ2n) is 3.58. The Morgan fingerprint density at radius 2 is 2.20 bits per heavy atom. The number of ether oxygens (including phenoxy) is 1. The van der Waals surface area contributed by atoms with E-state index in [1.54, 1.807) is 6.20 Å². The Hall–Kier alpha value is -1.65. The van der Waals surface area contributed by atoms with Crippen LogP contribution in [0.3, 0.4) is 0 Å². The van der Waals surface area contributed by atoms with Gasteiger partial charge in [-0.05, 0) is 12.8 Å². The Morgan fingerprint density at radius 3 is 2.73 bits per heavy atom. The summed E-state index contributed by atoms with van der Waals surface area (Å²) in [6.07, 6.45) is 4.65. The molecule has 5 nitrogen and oxygen atoms in total. The largest absolute Gasteiger partial charge is 0.481 e. The minimum Gasteiger partial charge on any atom is -0.481 e. The highest BCUT2D eigenvalue weighted by Gasteiger charge is 2.40. The lowest BCUT2D eigenvalue weighted by molar-refractivity contribution is -0.145. The van der Waals surface area contributed by atoms with E-state index in [4.69, 9.17) is 9.84 Å². The Labute approximate surface area is 87.1 Å². The lowest BCUT2D eigenvalue weighted by atomic mass is 9.72. The Bertz CT molecular complexity index is 381. The molecule has 2 rings (SSSR count). The maximum absolute atomic E-state index is 10.9. The summed E-state index contributed by atoms with van der Waals surface area (Å²) in [5.41, 5.74) is 0.665. The second-order valence-corrected chi connectivity index (χ2v) is 3.58. The quantitative estimate of drug-likeness (QED) is 0.804. The standard InChI is InChI=1S/C10H12N2O3/c1-15-9-8(11-4-5-12-9)6-2-3-7(6)10(13)14/h4-7H,2-3H2,1H3,(H,13,14). The zero-order valence-electron chi connectivity index (χ0n) is 8.38. The van der Waals surface area contributed by atoms with Crippen molar-refractivity contribution in [2.75, 3.05) is 7.11 Å². The molecule has 0 saturated heterocycles. The number of rotatable bonds is 3. The first-order valence-corrected chi connectivity index (χ1v) is 4.81. The fraction of sp³-hybridized carbons (Fsp3) is 0.500. The van der Waals surface area contributed by atoms with Crippen LogP contribution < -0.4 is 4.74 Å². The van der Waals surface area contributed by atoms with Crippen molar-refractivity contribution in [3.8, 4) is 5.88 Å². The second kappa shape index (κ2) is 3.84. The van der Waals surface area contributed by atoms with Crippen molar-refractivity contribution in [2.45, 2.75) is 18.8 Å². The normalized spacial score (nSPS) is 24.3. The van der Waals surface area contributed by atoms with Gasteiger partial charge in [0.05, 0.1) is 13.0 Å². The number of hydrogen-bond acceptors (Lipinski definition) is 4. The number of carbonyl (C=O) groups is 1. The van der Waals surface area contributed by atoms with Crippen LogP contribution in [0.15, 0.2) is 12.4 Å². The van der Waals surface area contributed by atoms with Crippen molar-refractivity contribution >= 4 is 5.97 Å². The molecule has 1 fully saturated rings. The Morgan fingerprint density at radius 1 is 1.47 bits per heavy atom. The molecule has 80 valence electrons. The smallest absolute Gasteiger partial charge is 0.307 e. The monoisotopic (exact) mass is 208 g/mol. The maximum atomic E-state index is 10.9. The van der Waals surface area contributed by atoms with Crippen LogP contribution in [0.25, 0.3) is 0 Å². The lowest BCUT2D eigenvalue weighted by Crippen LogP contribution is -2.31. The number of aromatic nitrogens is 2. The topological polar surface area (TPSA) is 72.3 Å². The highest BCUT2D eigenvalue weighted by atomic mass is 16.5. The predicted molar refractivity (Wildman–Crippen MR) is 51.7 cm³/mol. The van der Waals surface area contributed by atoms with Crippen LogP contribution in [-0.2, 0) is 4.79 Å². The number of carboxylic acids is 1. The van der Waals surface area contributed by atoms with Gasteiger partial charge in [-0.25, -0.2) is 4.98 Å². The first kappa shape index (κ1) is 9.89. The molecule has 1 aliphatic carbocycles. The molecule has 2 unspecified atom stereocenters. The van der Waals surface area contributed by atoms with Crippen LogP contribution in [-0.4, -0.2) is 28.2 Å². The third kappa shape index (κ3) is 1.65. The van der Waals surface area contributed by atoms with Gasteiger partial charge in [0, 0.05) is 18.3 Å². The third-order valence-corrected chi connectivity index (χ3v) is 2.83. The van der Waals surface area contributed by atoms with Gasteiger partial charge in [-0.3, -0.25) is 9.78 Å². The summed E-state index contributed by atoms with van der Waals surface area (Å²) in [5, 5.41) is 8.94. The molecule has 0 aromatic carbocycles. The highest BCUT2D eigenvalue weighted by molar-refractivity contribution is 5.72. The Kier molecular flexibility index (Phi) is 2.53. The summed E-state index contributed by atoms with van der Waals surface area (Å²) in [7, 11) is 1.52. The number of nitrogens with zero attached hydrogens (tertiary/aromatic N) is 2. The SMILES string of the molecule is COc1nccnc1C1CCC1C(=O)O. The van der Waals surface area contributed by atoms with Gasteiger partial charge >= 0.3 is 5.97 Å². The molecule has 1 aromatic rings. The Balaban J connectivity index is 2.26. The van der Waals surface area contributed by atoms with Crippen molar-refractivity contribution in [1.82, 2.24) is 9.97 Å². The van der Waals surface area contributed by atoms with E-state index < -0.39 is 5.97 Å². The summed E-state index contributed by atoms with van der Waals surface area (Å²) < 4.78 is 5.06. The van der Waals surface area contributed by atoms with Crippen LogP contribution in [0.2, 0.25) is 0 Å². The van der Waals surface area contributed by atoms with E-state index in [-0.39, 0.29) is 11.8 Å². The third-order valence-electron chi connectivity index (χ3n) is 2.83. The zero-order valence-corrected chi connectivity index (χ0v) is 8.38.